The molecule has 0 radical (unpaired) electrons. The van der Waals surface area contributed by atoms with Gasteiger partial charge in [-0.25, -0.2) is 0 Å². The van der Waals surface area contributed by atoms with Crippen molar-refractivity contribution in [1.29, 1.82) is 0 Å². The average molecular weight is 236 g/mol. The average Bonchev–Trinajstić information content (AvgIpc) is 2.65. The van der Waals surface area contributed by atoms with Gasteiger partial charge in [-0.3, -0.25) is 0 Å². The van der Waals surface area contributed by atoms with E-state index in [1.54, 1.807) is 0 Å². The Morgan fingerprint density at radius 2 is 1.83 bits per heavy atom. The number of fused-ring (bicyclic) bond motifs is 3. The molecule has 0 bridgehead atoms. The molecule has 90 valence electrons. The summed E-state index contributed by atoms with van der Waals surface area (Å²) >= 11 is 0. The summed E-state index contributed by atoms with van der Waals surface area (Å²) in [7, 11) is 0. The van der Waals surface area contributed by atoms with Crippen molar-refractivity contribution >= 4 is 0 Å². The van der Waals surface area contributed by atoms with E-state index < -0.39 is 0 Å². The van der Waals surface area contributed by atoms with Crippen LogP contribution in [-0.2, 0) is 11.3 Å². The lowest BCUT2D eigenvalue weighted by atomic mass is 9.91. The lowest BCUT2D eigenvalue weighted by Gasteiger charge is -2.23. The minimum absolute atomic E-state index is 0.458. The molecular formula is C17H16O. The van der Waals surface area contributed by atoms with Crippen LogP contribution in [0.2, 0.25) is 0 Å². The molecule has 18 heavy (non-hydrogen) atoms. The third-order valence-electron chi connectivity index (χ3n) is 4.17. The molecule has 2 aliphatic rings. The topological polar surface area (TPSA) is 9.23 Å². The largest absolute Gasteiger partial charge is 0.376 e. The van der Waals surface area contributed by atoms with E-state index in [9.17, 15) is 0 Å². The third-order valence-corrected chi connectivity index (χ3v) is 4.17. The van der Waals surface area contributed by atoms with Gasteiger partial charge in [0.05, 0.1) is 13.2 Å². The highest BCUT2D eigenvalue weighted by Gasteiger charge is 2.33. The maximum absolute atomic E-state index is 5.77. The highest BCUT2D eigenvalue weighted by Crippen LogP contribution is 2.49. The first-order valence-electron chi connectivity index (χ1n) is 6.56. The van der Waals surface area contributed by atoms with Crippen LogP contribution in [0.5, 0.6) is 0 Å². The van der Waals surface area contributed by atoms with Crippen molar-refractivity contribution in [3.05, 3.63) is 58.1 Å². The van der Waals surface area contributed by atoms with Crippen LogP contribution in [0.15, 0.2) is 30.3 Å². The van der Waals surface area contributed by atoms with Crippen molar-refractivity contribution in [2.24, 2.45) is 0 Å². The number of benzene rings is 2. The molecule has 0 spiro atoms. The lowest BCUT2D eigenvalue weighted by molar-refractivity contribution is 0.101. The van der Waals surface area contributed by atoms with Gasteiger partial charge in [-0.15, -0.1) is 0 Å². The quantitative estimate of drug-likeness (QED) is 0.673. The Kier molecular flexibility index (Phi) is 1.98. The first-order valence-corrected chi connectivity index (χ1v) is 6.56. The van der Waals surface area contributed by atoms with Gasteiger partial charge in [0.1, 0.15) is 0 Å². The van der Waals surface area contributed by atoms with E-state index in [0.717, 1.165) is 13.2 Å². The fourth-order valence-electron chi connectivity index (χ4n) is 3.45. The van der Waals surface area contributed by atoms with Gasteiger partial charge in [0.25, 0.3) is 0 Å². The Morgan fingerprint density at radius 3 is 2.72 bits per heavy atom. The number of hydrogen-bond acceptors (Lipinski definition) is 1. The van der Waals surface area contributed by atoms with Crippen LogP contribution >= 0.6 is 0 Å². The maximum atomic E-state index is 5.77. The third kappa shape index (κ3) is 1.25. The second-order valence-corrected chi connectivity index (χ2v) is 5.54. The molecular weight excluding hydrogens is 220 g/mol. The van der Waals surface area contributed by atoms with Crippen molar-refractivity contribution < 1.29 is 4.74 Å². The van der Waals surface area contributed by atoms with E-state index in [0.29, 0.717) is 5.92 Å². The molecule has 1 heterocycles. The molecule has 1 atom stereocenters. The van der Waals surface area contributed by atoms with E-state index in [1.807, 2.05) is 0 Å². The van der Waals surface area contributed by atoms with Crippen LogP contribution in [0.25, 0.3) is 11.1 Å². The predicted molar refractivity (Wildman–Crippen MR) is 72.9 cm³/mol. The number of rotatable bonds is 0. The van der Waals surface area contributed by atoms with Crippen LogP contribution < -0.4 is 0 Å². The van der Waals surface area contributed by atoms with Crippen molar-refractivity contribution in [2.75, 3.05) is 6.61 Å². The van der Waals surface area contributed by atoms with Crippen molar-refractivity contribution in [2.45, 2.75) is 26.4 Å². The predicted octanol–water partition coefficient (Wildman–Crippen LogP) is 3.95. The standard InChI is InChI=1S/C17H16O/c1-10-3-4-13-14(6-10)15-7-11(2)5-12-8-18-9-16(13)17(12)15/h3-7,16H,8-9H2,1-2H3. The Balaban J connectivity index is 2.09. The molecule has 4 rings (SSSR count). The molecule has 0 saturated heterocycles. The number of aryl methyl sites for hydroxylation is 2. The minimum Gasteiger partial charge on any atom is -0.376 e. The fraction of sp³-hybridized carbons (Fsp3) is 0.294. The van der Waals surface area contributed by atoms with E-state index in [-0.39, 0.29) is 0 Å². The van der Waals surface area contributed by atoms with E-state index in [2.05, 4.69) is 44.2 Å². The highest BCUT2D eigenvalue weighted by molar-refractivity contribution is 5.81. The van der Waals surface area contributed by atoms with Gasteiger partial charge in [0.2, 0.25) is 0 Å². The molecule has 0 amide bonds. The molecule has 0 N–H and O–H groups in total. The van der Waals surface area contributed by atoms with Gasteiger partial charge in [0, 0.05) is 5.92 Å². The van der Waals surface area contributed by atoms with Gasteiger partial charge < -0.3 is 4.74 Å². The second kappa shape index (κ2) is 3.46. The normalized spacial score (nSPS) is 19.6. The molecule has 1 nitrogen and oxygen atoms in total. The summed E-state index contributed by atoms with van der Waals surface area (Å²) in [5.74, 6) is 0.458. The van der Waals surface area contributed by atoms with E-state index in [4.69, 9.17) is 4.74 Å². The first kappa shape index (κ1) is 10.3. The van der Waals surface area contributed by atoms with Crippen LogP contribution in [0.3, 0.4) is 0 Å². The molecule has 0 saturated carbocycles. The summed E-state index contributed by atoms with van der Waals surface area (Å²) < 4.78 is 5.77. The molecule has 0 aromatic heterocycles. The molecule has 1 aliphatic carbocycles. The molecule has 2 aromatic rings. The number of hydrogen-bond donors (Lipinski definition) is 0. The van der Waals surface area contributed by atoms with E-state index >= 15 is 0 Å². The van der Waals surface area contributed by atoms with Crippen LogP contribution in [0.1, 0.15) is 33.7 Å². The summed E-state index contributed by atoms with van der Waals surface area (Å²) in [5, 5.41) is 0. The fourth-order valence-corrected chi connectivity index (χ4v) is 3.45. The molecule has 1 heteroatoms. The first-order chi connectivity index (χ1) is 8.74. The van der Waals surface area contributed by atoms with Crippen LogP contribution in [0, 0.1) is 13.8 Å². The van der Waals surface area contributed by atoms with Gasteiger partial charge in [-0.05, 0) is 41.7 Å². The van der Waals surface area contributed by atoms with Crippen molar-refractivity contribution in [3.63, 3.8) is 0 Å². The minimum atomic E-state index is 0.458. The summed E-state index contributed by atoms with van der Waals surface area (Å²) in [5.41, 5.74) is 9.89. The number of ether oxygens (including phenoxy) is 1. The Morgan fingerprint density at radius 1 is 1.00 bits per heavy atom. The Labute approximate surface area is 107 Å². The lowest BCUT2D eigenvalue weighted by Crippen LogP contribution is -2.15. The molecule has 2 aromatic carbocycles. The summed E-state index contributed by atoms with van der Waals surface area (Å²) in [6.07, 6.45) is 0. The zero-order valence-electron chi connectivity index (χ0n) is 10.8. The smallest absolute Gasteiger partial charge is 0.0720 e. The SMILES string of the molecule is Cc1ccc2c(c1)-c1cc(C)cc3c1C2COC3. The summed E-state index contributed by atoms with van der Waals surface area (Å²) in [6.45, 7) is 5.95. The van der Waals surface area contributed by atoms with Crippen molar-refractivity contribution in [3.8, 4) is 11.1 Å². The van der Waals surface area contributed by atoms with Crippen LogP contribution in [0.4, 0.5) is 0 Å². The molecule has 1 aliphatic heterocycles. The summed E-state index contributed by atoms with van der Waals surface area (Å²) in [6, 6.07) is 11.4. The Bertz CT molecular complexity index is 655. The van der Waals surface area contributed by atoms with Crippen LogP contribution in [-0.4, -0.2) is 6.61 Å². The molecule has 1 unspecified atom stereocenters. The van der Waals surface area contributed by atoms with Gasteiger partial charge >= 0.3 is 0 Å². The zero-order chi connectivity index (χ0) is 12.3. The molecule has 0 fully saturated rings. The summed E-state index contributed by atoms with van der Waals surface area (Å²) in [4.78, 5) is 0. The second-order valence-electron chi connectivity index (χ2n) is 5.54. The van der Waals surface area contributed by atoms with Gasteiger partial charge in [-0.2, -0.15) is 0 Å². The van der Waals surface area contributed by atoms with Gasteiger partial charge in [0.15, 0.2) is 0 Å². The Hall–Kier alpha value is -1.60. The maximum Gasteiger partial charge on any atom is 0.0720 e. The van der Waals surface area contributed by atoms with E-state index in [1.165, 1.54) is 38.9 Å². The van der Waals surface area contributed by atoms with Crippen molar-refractivity contribution in [1.82, 2.24) is 0 Å². The monoisotopic (exact) mass is 236 g/mol. The van der Waals surface area contributed by atoms with Gasteiger partial charge in [-0.1, -0.05) is 41.5 Å². The highest BCUT2D eigenvalue weighted by atomic mass is 16.5. The zero-order valence-corrected chi connectivity index (χ0v) is 10.8.